The second kappa shape index (κ2) is 12.1. The molecule has 3 rings (SSSR count). The summed E-state index contributed by atoms with van der Waals surface area (Å²) in [6, 6.07) is 11.7. The molecule has 1 aliphatic heterocycles. The quantitative estimate of drug-likeness (QED) is 0.254. The Morgan fingerprint density at radius 3 is 2.50 bits per heavy atom. The number of thioether (sulfide) groups is 1. The van der Waals surface area contributed by atoms with Crippen molar-refractivity contribution in [1.82, 2.24) is 9.80 Å². The maximum Gasteiger partial charge on any atom is 0.164 e. The maximum atomic E-state index is 13.2. The molecule has 5 nitrogen and oxygen atoms in total. The second-order valence-electron chi connectivity index (χ2n) is 8.01. The lowest BCUT2D eigenvalue weighted by molar-refractivity contribution is 0.162. The molecule has 0 atom stereocenters. The van der Waals surface area contributed by atoms with Gasteiger partial charge in [-0.3, -0.25) is 0 Å². The summed E-state index contributed by atoms with van der Waals surface area (Å²) in [5.74, 6) is -1.36. The lowest BCUT2D eigenvalue weighted by Gasteiger charge is -2.37. The average molecular weight is 463 g/mol. The molecular weight excluding hydrogens is 430 g/mol. The normalized spacial score (nSPS) is 15.7. The van der Waals surface area contributed by atoms with Gasteiger partial charge < -0.3 is 20.3 Å². The highest BCUT2D eigenvalue weighted by Gasteiger charge is 2.24. The van der Waals surface area contributed by atoms with Gasteiger partial charge in [0.2, 0.25) is 0 Å². The molecule has 32 heavy (non-hydrogen) atoms. The van der Waals surface area contributed by atoms with Gasteiger partial charge in [0.25, 0.3) is 0 Å². The number of hydrogen-bond donors (Lipinski definition) is 1. The van der Waals surface area contributed by atoms with Crippen molar-refractivity contribution in [2.24, 2.45) is 4.99 Å². The third-order valence-electron chi connectivity index (χ3n) is 5.74. The summed E-state index contributed by atoms with van der Waals surface area (Å²) in [4.78, 5) is 9.58. The molecule has 0 aliphatic carbocycles. The van der Waals surface area contributed by atoms with E-state index in [9.17, 15) is 8.78 Å². The molecule has 1 heterocycles. The Hall–Kier alpha value is -2.32. The molecule has 0 unspecified atom stereocenters. The van der Waals surface area contributed by atoms with E-state index in [2.05, 4.69) is 23.1 Å². The molecule has 0 bridgehead atoms. The highest BCUT2D eigenvalue weighted by atomic mass is 32.2. The highest BCUT2D eigenvalue weighted by Crippen LogP contribution is 2.22. The fraction of sp³-hybridized carbons (Fsp3) is 0.458. The van der Waals surface area contributed by atoms with Crippen LogP contribution in [0.15, 0.2) is 47.5 Å². The summed E-state index contributed by atoms with van der Waals surface area (Å²) in [5, 5.41) is 1.02. The molecule has 0 aromatic heterocycles. The fourth-order valence-electron chi connectivity index (χ4n) is 3.81. The number of nitrogens with two attached hydrogens (primary N) is 1. The van der Waals surface area contributed by atoms with Crippen LogP contribution in [0.5, 0.6) is 5.75 Å². The van der Waals surface area contributed by atoms with Gasteiger partial charge in [0.1, 0.15) is 5.75 Å². The van der Waals surface area contributed by atoms with Crippen LogP contribution in [0.1, 0.15) is 25.7 Å². The molecule has 1 aliphatic rings. The summed E-state index contributed by atoms with van der Waals surface area (Å²) in [6.45, 7) is 3.64. The highest BCUT2D eigenvalue weighted by molar-refractivity contribution is 8.13. The molecule has 0 amide bonds. The second-order valence-corrected chi connectivity index (χ2v) is 8.78. The molecule has 8 heteroatoms. The Morgan fingerprint density at radius 1 is 1.12 bits per heavy atom. The standard InChI is InChI=1S/C24H32F2N4OS/c1-29(24(32-2)28-19-7-5-18(27)6-8-19)20-11-14-30(15-12-20)13-3-4-16-31-21-9-10-22(25)23(26)17-21/h5-10,17,20H,3-4,11-16,27H2,1-2H3. The zero-order chi connectivity index (χ0) is 22.9. The van der Waals surface area contributed by atoms with Crippen molar-refractivity contribution in [2.75, 3.05) is 45.3 Å². The van der Waals surface area contributed by atoms with Crippen LogP contribution in [0.3, 0.4) is 0 Å². The summed E-state index contributed by atoms with van der Waals surface area (Å²) in [5.41, 5.74) is 7.42. The Kier molecular flexibility index (Phi) is 9.17. The van der Waals surface area contributed by atoms with E-state index in [0.717, 1.165) is 74.0 Å². The van der Waals surface area contributed by atoms with Gasteiger partial charge >= 0.3 is 0 Å². The van der Waals surface area contributed by atoms with Crippen molar-refractivity contribution in [2.45, 2.75) is 31.7 Å². The molecule has 2 aromatic rings. The van der Waals surface area contributed by atoms with Gasteiger partial charge in [0.05, 0.1) is 12.3 Å². The number of unbranched alkanes of at least 4 members (excludes halogenated alkanes) is 1. The van der Waals surface area contributed by atoms with Crippen LogP contribution in [0.4, 0.5) is 20.2 Å². The summed E-state index contributed by atoms with van der Waals surface area (Å²) in [7, 11) is 2.13. The lowest BCUT2D eigenvalue weighted by atomic mass is 10.0. The van der Waals surface area contributed by atoms with Crippen molar-refractivity contribution in [3.63, 3.8) is 0 Å². The topological polar surface area (TPSA) is 54.1 Å². The Morgan fingerprint density at radius 2 is 1.84 bits per heavy atom. The molecule has 0 radical (unpaired) electrons. The SMILES string of the molecule is CSC(=Nc1ccc(N)cc1)N(C)C1CCN(CCCCOc2ccc(F)c(F)c2)CC1. The molecule has 174 valence electrons. The smallest absolute Gasteiger partial charge is 0.164 e. The third kappa shape index (κ3) is 7.10. The van der Waals surface area contributed by atoms with E-state index in [1.54, 1.807) is 11.8 Å². The average Bonchev–Trinajstić information content (AvgIpc) is 2.80. The molecule has 0 spiro atoms. The van der Waals surface area contributed by atoms with E-state index >= 15 is 0 Å². The zero-order valence-electron chi connectivity index (χ0n) is 18.8. The van der Waals surface area contributed by atoms with Crippen LogP contribution < -0.4 is 10.5 Å². The van der Waals surface area contributed by atoms with E-state index < -0.39 is 11.6 Å². The molecule has 2 aromatic carbocycles. The van der Waals surface area contributed by atoms with Crippen molar-refractivity contribution in [3.8, 4) is 5.75 Å². The number of anilines is 1. The minimum Gasteiger partial charge on any atom is -0.493 e. The maximum absolute atomic E-state index is 13.2. The van der Waals surface area contributed by atoms with Crippen LogP contribution >= 0.6 is 11.8 Å². The van der Waals surface area contributed by atoms with Gasteiger partial charge in [0, 0.05) is 37.9 Å². The monoisotopic (exact) mass is 462 g/mol. The first-order chi connectivity index (χ1) is 15.5. The number of benzene rings is 2. The molecule has 2 N–H and O–H groups in total. The van der Waals surface area contributed by atoms with Gasteiger partial charge in [0.15, 0.2) is 16.8 Å². The van der Waals surface area contributed by atoms with Gasteiger partial charge in [-0.25, -0.2) is 13.8 Å². The summed E-state index contributed by atoms with van der Waals surface area (Å²) >= 11 is 1.66. The number of amidine groups is 1. The van der Waals surface area contributed by atoms with E-state index in [-0.39, 0.29) is 0 Å². The number of rotatable bonds is 8. The summed E-state index contributed by atoms with van der Waals surface area (Å²) in [6.07, 6.45) is 6.15. The van der Waals surface area contributed by atoms with Crippen molar-refractivity contribution in [3.05, 3.63) is 54.1 Å². The van der Waals surface area contributed by atoms with E-state index in [4.69, 9.17) is 15.5 Å². The van der Waals surface area contributed by atoms with Gasteiger partial charge in [-0.15, -0.1) is 0 Å². The number of nitrogen functional groups attached to an aromatic ring is 1. The Bertz CT molecular complexity index is 886. The minimum absolute atomic E-state index is 0.373. The first-order valence-corrected chi connectivity index (χ1v) is 12.2. The minimum atomic E-state index is -0.876. The van der Waals surface area contributed by atoms with Gasteiger partial charge in [-0.05, 0) is 74.9 Å². The predicted octanol–water partition coefficient (Wildman–Crippen LogP) is 5.15. The molecular formula is C24H32F2N4OS. The molecule has 0 saturated carbocycles. The van der Waals surface area contributed by atoms with Crippen LogP contribution in [0, 0.1) is 11.6 Å². The van der Waals surface area contributed by atoms with Gasteiger partial charge in [-0.1, -0.05) is 11.8 Å². The summed E-state index contributed by atoms with van der Waals surface area (Å²) < 4.78 is 31.7. The lowest BCUT2D eigenvalue weighted by Crippen LogP contribution is -2.45. The molecule has 1 fully saturated rings. The first kappa shape index (κ1) is 24.3. The van der Waals surface area contributed by atoms with E-state index in [0.29, 0.717) is 18.4 Å². The number of ether oxygens (including phenoxy) is 1. The Labute approximate surface area is 193 Å². The van der Waals surface area contributed by atoms with Crippen LogP contribution in [0.2, 0.25) is 0 Å². The third-order valence-corrected chi connectivity index (χ3v) is 6.48. The number of nitrogens with zero attached hydrogens (tertiary/aromatic N) is 3. The van der Waals surface area contributed by atoms with E-state index in [1.807, 2.05) is 24.3 Å². The number of aliphatic imine (C=N–C) groups is 1. The zero-order valence-corrected chi connectivity index (χ0v) is 19.6. The van der Waals surface area contributed by atoms with E-state index in [1.165, 1.54) is 6.07 Å². The number of likely N-dealkylation sites (tertiary alicyclic amines) is 1. The molecule has 1 saturated heterocycles. The van der Waals surface area contributed by atoms with Crippen molar-refractivity contribution in [1.29, 1.82) is 0 Å². The largest absolute Gasteiger partial charge is 0.493 e. The fourth-order valence-corrected chi connectivity index (χ4v) is 4.44. The van der Waals surface area contributed by atoms with Crippen molar-refractivity contribution < 1.29 is 13.5 Å². The Balaban J connectivity index is 1.37. The van der Waals surface area contributed by atoms with Gasteiger partial charge in [-0.2, -0.15) is 0 Å². The number of piperidine rings is 1. The van der Waals surface area contributed by atoms with Crippen LogP contribution in [-0.4, -0.2) is 60.6 Å². The number of halogens is 2. The predicted molar refractivity (Wildman–Crippen MR) is 130 cm³/mol. The first-order valence-electron chi connectivity index (χ1n) is 11.0. The van der Waals surface area contributed by atoms with Crippen LogP contribution in [-0.2, 0) is 0 Å². The number of hydrogen-bond acceptors (Lipinski definition) is 5. The van der Waals surface area contributed by atoms with Crippen LogP contribution in [0.25, 0.3) is 0 Å². The van der Waals surface area contributed by atoms with Crippen molar-refractivity contribution >= 4 is 28.3 Å².